The van der Waals surface area contributed by atoms with Gasteiger partial charge >= 0.3 is 5.97 Å². The Kier molecular flexibility index (Phi) is 13.4. The van der Waals surface area contributed by atoms with Crippen molar-refractivity contribution in [3.8, 4) is 0 Å². The summed E-state index contributed by atoms with van der Waals surface area (Å²) in [5.41, 5.74) is 0. The van der Waals surface area contributed by atoms with Gasteiger partial charge < -0.3 is 30.8 Å². The summed E-state index contributed by atoms with van der Waals surface area (Å²) < 4.78 is 5.38. The molecule has 11 heteroatoms. The lowest BCUT2D eigenvalue weighted by molar-refractivity contribution is -0.147. The van der Waals surface area contributed by atoms with E-state index in [2.05, 4.69) is 21.3 Å². The van der Waals surface area contributed by atoms with Gasteiger partial charge in [-0.25, -0.2) is 0 Å². The number of rotatable bonds is 6. The molecule has 1 heterocycles. The second-order valence-electron chi connectivity index (χ2n) is 5.85. The van der Waals surface area contributed by atoms with Gasteiger partial charge in [-0.2, -0.15) is 0 Å². The third kappa shape index (κ3) is 11.3. The predicted octanol–water partition coefficient (Wildman–Crippen LogP) is -0.761. The minimum atomic E-state index is -0.563. The molecule has 0 aromatic rings. The quantitative estimate of drug-likeness (QED) is 0.141. The fourth-order valence-electron chi connectivity index (χ4n) is 2.16. The van der Waals surface area contributed by atoms with Crippen LogP contribution in [0.3, 0.4) is 0 Å². The summed E-state index contributed by atoms with van der Waals surface area (Å²) in [5.74, 6) is 0.132. The van der Waals surface area contributed by atoms with Crippen LogP contribution in [0.2, 0.25) is 0 Å². The van der Waals surface area contributed by atoms with Gasteiger partial charge in [0.1, 0.15) is 18.9 Å². The van der Waals surface area contributed by atoms with Gasteiger partial charge in [-0.15, -0.1) is 0 Å². The van der Waals surface area contributed by atoms with E-state index in [4.69, 9.17) is 4.74 Å². The summed E-state index contributed by atoms with van der Waals surface area (Å²) in [5, 5.41) is 10.8. The molecule has 1 aliphatic rings. The van der Waals surface area contributed by atoms with Crippen molar-refractivity contribution < 1.29 is 23.9 Å². The Balaban J connectivity index is 2.64. The smallest absolute Gasteiger partial charge is 0.326 e. The maximum atomic E-state index is 12.1. The maximum absolute atomic E-state index is 12.1. The molecule has 0 saturated carbocycles. The van der Waals surface area contributed by atoms with Crippen LogP contribution in [0.4, 0.5) is 0 Å². The van der Waals surface area contributed by atoms with Gasteiger partial charge in [0.25, 0.3) is 0 Å². The van der Waals surface area contributed by atoms with Gasteiger partial charge in [0.2, 0.25) is 11.8 Å². The van der Waals surface area contributed by atoms with E-state index in [1.54, 1.807) is 28.6 Å². The Morgan fingerprint density at radius 1 is 1.25 bits per heavy atom. The van der Waals surface area contributed by atoms with Crippen LogP contribution in [0.5, 0.6) is 0 Å². The van der Waals surface area contributed by atoms with Crippen molar-refractivity contribution in [1.82, 2.24) is 21.3 Å². The van der Waals surface area contributed by atoms with Crippen LogP contribution in [-0.2, 0) is 23.9 Å². The zero-order valence-electron chi connectivity index (χ0n) is 15.9. The van der Waals surface area contributed by atoms with Crippen LogP contribution in [0, 0.1) is 0 Å². The standard InChI is InChI=1S/C17H28N4O5S2/c1-18-14-12-28-27-9-3-2-4-13(5-6-19-7-8-22)26-16(24)11-20-15(23)10-21-17(14)25/h2,4,8,13-14,18-19H,3,5-7,9-12H2,1H3,(H,20,23)(H,21,25)/b4-2+/t13-,14-/m1/s1. The number of likely N-dealkylation sites (N-methyl/N-ethyl adjacent to an activating group) is 1. The monoisotopic (exact) mass is 432 g/mol. The van der Waals surface area contributed by atoms with E-state index in [0.717, 1.165) is 18.5 Å². The molecule has 0 aliphatic carbocycles. The number of hydrogen-bond acceptors (Lipinski definition) is 9. The second-order valence-corrected chi connectivity index (χ2v) is 8.47. The Bertz CT molecular complexity index is 548. The van der Waals surface area contributed by atoms with Crippen LogP contribution in [0.15, 0.2) is 12.2 Å². The van der Waals surface area contributed by atoms with Crippen LogP contribution in [0.25, 0.3) is 0 Å². The molecule has 0 aromatic heterocycles. The second kappa shape index (κ2) is 15.4. The fourth-order valence-corrected chi connectivity index (χ4v) is 4.40. The van der Waals surface area contributed by atoms with Crippen LogP contribution >= 0.6 is 21.6 Å². The largest absolute Gasteiger partial charge is 0.457 e. The number of amides is 2. The van der Waals surface area contributed by atoms with Crippen molar-refractivity contribution in [3.63, 3.8) is 0 Å². The molecule has 28 heavy (non-hydrogen) atoms. The van der Waals surface area contributed by atoms with Crippen molar-refractivity contribution in [2.75, 3.05) is 44.7 Å². The number of carbonyl (C=O) groups excluding carboxylic acids is 4. The van der Waals surface area contributed by atoms with E-state index in [1.807, 2.05) is 12.2 Å². The van der Waals surface area contributed by atoms with E-state index in [0.29, 0.717) is 18.7 Å². The molecule has 9 nitrogen and oxygen atoms in total. The number of hydrogen-bond donors (Lipinski definition) is 4. The SMILES string of the molecule is CN[C@@H]1CSSCC/C=C/[C@H](CCNCC=O)OC(=O)CNC(=O)CNC1=O. The first kappa shape index (κ1) is 24.5. The first-order valence-electron chi connectivity index (χ1n) is 9.03. The summed E-state index contributed by atoms with van der Waals surface area (Å²) in [6.07, 6.45) is 5.42. The Morgan fingerprint density at radius 2 is 2.07 bits per heavy atom. The van der Waals surface area contributed by atoms with Gasteiger partial charge in [-0.3, -0.25) is 14.4 Å². The minimum Gasteiger partial charge on any atom is -0.457 e. The van der Waals surface area contributed by atoms with E-state index < -0.39 is 24.0 Å². The van der Waals surface area contributed by atoms with Crippen molar-refractivity contribution in [1.29, 1.82) is 0 Å². The number of carbonyl (C=O) groups is 4. The predicted molar refractivity (Wildman–Crippen MR) is 111 cm³/mol. The number of allylic oxidation sites excluding steroid dienone is 1. The molecule has 0 spiro atoms. The van der Waals surface area contributed by atoms with Crippen LogP contribution in [0.1, 0.15) is 12.8 Å². The normalized spacial score (nSPS) is 24.4. The van der Waals surface area contributed by atoms with Gasteiger partial charge in [-0.1, -0.05) is 27.7 Å². The molecule has 0 bridgehead atoms. The van der Waals surface area contributed by atoms with E-state index in [9.17, 15) is 19.2 Å². The number of ether oxygens (including phenoxy) is 1. The average molecular weight is 433 g/mol. The first-order chi connectivity index (χ1) is 13.6. The third-order valence-electron chi connectivity index (χ3n) is 3.67. The highest BCUT2D eigenvalue weighted by atomic mass is 33.1. The first-order valence-corrected chi connectivity index (χ1v) is 11.5. The highest BCUT2D eigenvalue weighted by molar-refractivity contribution is 8.76. The summed E-state index contributed by atoms with van der Waals surface area (Å²) in [6.45, 7) is 0.284. The van der Waals surface area contributed by atoms with Crippen LogP contribution in [-0.4, -0.2) is 80.9 Å². The maximum Gasteiger partial charge on any atom is 0.326 e. The molecule has 0 aromatic carbocycles. The Morgan fingerprint density at radius 3 is 2.82 bits per heavy atom. The fraction of sp³-hybridized carbons (Fsp3) is 0.647. The summed E-state index contributed by atoms with van der Waals surface area (Å²) in [6, 6.07) is -0.398. The lowest BCUT2D eigenvalue weighted by Gasteiger charge is -2.16. The minimum absolute atomic E-state index is 0.207. The van der Waals surface area contributed by atoms with Crippen LogP contribution < -0.4 is 21.3 Å². The molecule has 2 atom stereocenters. The average Bonchev–Trinajstić information content (AvgIpc) is 2.69. The molecule has 1 rings (SSSR count). The molecule has 0 fully saturated rings. The summed E-state index contributed by atoms with van der Waals surface area (Å²) in [4.78, 5) is 46.2. The lowest BCUT2D eigenvalue weighted by Crippen LogP contribution is -2.47. The topological polar surface area (TPSA) is 126 Å². The van der Waals surface area contributed by atoms with Crippen molar-refractivity contribution >= 4 is 45.7 Å². The van der Waals surface area contributed by atoms with Gasteiger partial charge in [0.15, 0.2) is 0 Å². The Hall–Kier alpha value is -1.56. The van der Waals surface area contributed by atoms with Crippen molar-refractivity contribution in [2.24, 2.45) is 0 Å². The molecule has 1 aliphatic heterocycles. The van der Waals surface area contributed by atoms with Crippen molar-refractivity contribution in [2.45, 2.75) is 25.0 Å². The molecular weight excluding hydrogens is 404 g/mol. The molecule has 0 unspecified atom stereocenters. The molecule has 0 saturated heterocycles. The van der Waals surface area contributed by atoms with Gasteiger partial charge in [0, 0.05) is 17.9 Å². The van der Waals surface area contributed by atoms with E-state index in [-0.39, 0.29) is 25.5 Å². The van der Waals surface area contributed by atoms with E-state index in [1.165, 1.54) is 0 Å². The zero-order chi connectivity index (χ0) is 20.6. The lowest BCUT2D eigenvalue weighted by atomic mass is 10.2. The number of cyclic esters (lactones) is 1. The molecule has 2 amide bonds. The van der Waals surface area contributed by atoms with Gasteiger partial charge in [0.05, 0.1) is 19.1 Å². The zero-order valence-corrected chi connectivity index (χ0v) is 17.5. The number of nitrogens with one attached hydrogen (secondary N) is 4. The number of aldehydes is 1. The third-order valence-corrected chi connectivity index (χ3v) is 6.12. The molecule has 158 valence electrons. The Labute approximate surface area is 172 Å². The highest BCUT2D eigenvalue weighted by Gasteiger charge is 2.18. The van der Waals surface area contributed by atoms with Crippen molar-refractivity contribution in [3.05, 3.63) is 12.2 Å². The summed E-state index contributed by atoms with van der Waals surface area (Å²) in [7, 11) is 4.93. The molecule has 0 radical (unpaired) electrons. The molecule has 4 N–H and O–H groups in total. The van der Waals surface area contributed by atoms with Gasteiger partial charge in [-0.05, 0) is 26.1 Å². The van der Waals surface area contributed by atoms with E-state index >= 15 is 0 Å². The summed E-state index contributed by atoms with van der Waals surface area (Å²) >= 11 is 0. The molecular formula is C17H28N4O5S2. The highest BCUT2D eigenvalue weighted by Crippen LogP contribution is 2.23. The number of esters is 1.